The number of aryl methyl sites for hydroxylation is 1. The molecule has 8 heteroatoms. The summed E-state index contributed by atoms with van der Waals surface area (Å²) in [6.45, 7) is 2.00. The third kappa shape index (κ3) is 3.24. The van der Waals surface area contributed by atoms with Gasteiger partial charge in [0.15, 0.2) is 9.84 Å². The molecule has 0 unspecified atom stereocenters. The van der Waals surface area contributed by atoms with Crippen LogP contribution in [-0.4, -0.2) is 19.3 Å². The van der Waals surface area contributed by atoms with Crippen LogP contribution in [0.15, 0.2) is 41.4 Å². The highest BCUT2D eigenvalue weighted by atomic mass is 35.5. The van der Waals surface area contributed by atoms with Crippen LogP contribution in [0.25, 0.3) is 10.2 Å². The number of sulfone groups is 1. The molecule has 4 nitrogen and oxygen atoms in total. The van der Waals surface area contributed by atoms with E-state index in [1.54, 1.807) is 12.3 Å². The van der Waals surface area contributed by atoms with Crippen molar-refractivity contribution in [3.63, 3.8) is 0 Å². The van der Waals surface area contributed by atoms with Crippen LogP contribution < -0.4 is 5.32 Å². The molecular weight excluding hydrogens is 371 g/mol. The van der Waals surface area contributed by atoms with Crippen molar-refractivity contribution >= 4 is 48.7 Å². The minimum Gasteiger partial charge on any atom is -0.371 e. The standard InChI is InChI=1S/C16H14ClFN2O2S2/c1-2-13-15(17)14-12(7-8-19-16(14)23-13)20-9-24(21,22)11-5-3-10(18)4-6-11/h3-8H,2,9H2,1H3,(H,19,20). The first-order valence-electron chi connectivity index (χ1n) is 7.20. The highest BCUT2D eigenvalue weighted by Gasteiger charge is 2.17. The highest BCUT2D eigenvalue weighted by molar-refractivity contribution is 7.91. The van der Waals surface area contributed by atoms with Gasteiger partial charge in [0.05, 0.1) is 15.3 Å². The molecule has 0 aliphatic heterocycles. The lowest BCUT2D eigenvalue weighted by Crippen LogP contribution is -2.15. The molecule has 0 atom stereocenters. The number of aromatic nitrogens is 1. The number of benzene rings is 1. The van der Waals surface area contributed by atoms with Gasteiger partial charge in [-0.05, 0) is 36.8 Å². The lowest BCUT2D eigenvalue weighted by molar-refractivity contribution is 0.596. The minimum atomic E-state index is -3.59. The Morgan fingerprint density at radius 2 is 1.96 bits per heavy atom. The minimum absolute atomic E-state index is 0.0624. The van der Waals surface area contributed by atoms with Crippen molar-refractivity contribution in [3.8, 4) is 0 Å². The number of nitrogens with one attached hydrogen (secondary N) is 1. The Morgan fingerprint density at radius 3 is 2.62 bits per heavy atom. The van der Waals surface area contributed by atoms with Gasteiger partial charge in [-0.15, -0.1) is 11.3 Å². The monoisotopic (exact) mass is 384 g/mol. The number of anilines is 1. The summed E-state index contributed by atoms with van der Waals surface area (Å²) in [5, 5.41) is 4.26. The van der Waals surface area contributed by atoms with E-state index in [4.69, 9.17) is 11.6 Å². The first-order valence-corrected chi connectivity index (χ1v) is 10.0. The maximum absolute atomic E-state index is 12.9. The molecule has 1 N–H and O–H groups in total. The Kier molecular flexibility index (Phi) is 4.76. The molecule has 24 heavy (non-hydrogen) atoms. The second-order valence-electron chi connectivity index (χ2n) is 5.12. The van der Waals surface area contributed by atoms with Gasteiger partial charge in [0, 0.05) is 16.8 Å². The van der Waals surface area contributed by atoms with E-state index in [9.17, 15) is 12.8 Å². The van der Waals surface area contributed by atoms with Crippen molar-refractivity contribution in [1.82, 2.24) is 4.98 Å². The maximum atomic E-state index is 12.9. The number of pyridine rings is 1. The van der Waals surface area contributed by atoms with Gasteiger partial charge in [-0.3, -0.25) is 0 Å². The lowest BCUT2D eigenvalue weighted by Gasteiger charge is -2.09. The Hall–Kier alpha value is -1.70. The Morgan fingerprint density at radius 1 is 1.25 bits per heavy atom. The number of rotatable bonds is 5. The predicted molar refractivity (Wildman–Crippen MR) is 96.1 cm³/mol. The molecule has 0 aliphatic rings. The maximum Gasteiger partial charge on any atom is 0.196 e. The van der Waals surface area contributed by atoms with E-state index in [1.807, 2.05) is 6.92 Å². The van der Waals surface area contributed by atoms with Gasteiger partial charge in [-0.25, -0.2) is 17.8 Å². The van der Waals surface area contributed by atoms with Crippen molar-refractivity contribution < 1.29 is 12.8 Å². The molecule has 0 saturated carbocycles. The molecule has 0 spiro atoms. The molecule has 0 radical (unpaired) electrons. The van der Waals surface area contributed by atoms with Crippen LogP contribution in [0, 0.1) is 5.82 Å². The first-order chi connectivity index (χ1) is 11.4. The van der Waals surface area contributed by atoms with Crippen molar-refractivity contribution in [1.29, 1.82) is 0 Å². The molecule has 3 rings (SSSR count). The zero-order valence-electron chi connectivity index (χ0n) is 12.7. The van der Waals surface area contributed by atoms with Gasteiger partial charge in [0.25, 0.3) is 0 Å². The normalized spacial score (nSPS) is 11.8. The number of halogens is 2. The van der Waals surface area contributed by atoms with Crippen LogP contribution in [0.5, 0.6) is 0 Å². The van der Waals surface area contributed by atoms with E-state index in [0.717, 1.165) is 33.6 Å². The number of hydrogen-bond donors (Lipinski definition) is 1. The summed E-state index contributed by atoms with van der Waals surface area (Å²) in [6, 6.07) is 6.45. The van der Waals surface area contributed by atoms with E-state index in [-0.39, 0.29) is 10.8 Å². The number of nitrogens with zero attached hydrogens (tertiary/aromatic N) is 1. The number of fused-ring (bicyclic) bond motifs is 1. The molecular formula is C16H14ClFN2O2S2. The Balaban J connectivity index is 1.90. The third-order valence-corrected chi connectivity index (χ3v) is 6.83. The summed E-state index contributed by atoms with van der Waals surface area (Å²) in [4.78, 5) is 6.12. The van der Waals surface area contributed by atoms with Gasteiger partial charge >= 0.3 is 0 Å². The van der Waals surface area contributed by atoms with Crippen LogP contribution in [0.4, 0.5) is 10.1 Å². The first kappa shape index (κ1) is 17.1. The fourth-order valence-corrected chi connectivity index (χ4v) is 4.86. The Bertz CT molecular complexity index is 985. The zero-order valence-corrected chi connectivity index (χ0v) is 15.1. The molecule has 0 saturated heterocycles. The van der Waals surface area contributed by atoms with E-state index in [1.165, 1.54) is 23.5 Å². The smallest absolute Gasteiger partial charge is 0.196 e. The van der Waals surface area contributed by atoms with Crippen molar-refractivity contribution in [2.75, 3.05) is 11.2 Å². The second kappa shape index (κ2) is 6.66. The van der Waals surface area contributed by atoms with Crippen LogP contribution >= 0.6 is 22.9 Å². The fraction of sp³-hybridized carbons (Fsp3) is 0.188. The summed E-state index contributed by atoms with van der Waals surface area (Å²) in [5.74, 6) is -0.791. The van der Waals surface area contributed by atoms with Crippen molar-refractivity contribution in [3.05, 3.63) is 52.2 Å². The fourth-order valence-electron chi connectivity index (χ4n) is 2.31. The van der Waals surface area contributed by atoms with Crippen LogP contribution in [-0.2, 0) is 16.3 Å². The average molecular weight is 385 g/mol. The van der Waals surface area contributed by atoms with E-state index < -0.39 is 15.7 Å². The molecule has 3 aromatic rings. The lowest BCUT2D eigenvalue weighted by atomic mass is 10.2. The van der Waals surface area contributed by atoms with Gasteiger partial charge in [0.2, 0.25) is 0 Å². The number of thiophene rings is 1. The second-order valence-corrected chi connectivity index (χ2v) is 8.57. The highest BCUT2D eigenvalue weighted by Crippen LogP contribution is 2.38. The summed E-state index contributed by atoms with van der Waals surface area (Å²) < 4.78 is 37.7. The molecule has 0 aliphatic carbocycles. The molecule has 2 heterocycles. The van der Waals surface area contributed by atoms with Gasteiger partial charge in [-0.1, -0.05) is 18.5 Å². The summed E-state index contributed by atoms with van der Waals surface area (Å²) in [5.41, 5.74) is 0.617. The molecule has 126 valence electrons. The molecule has 0 fully saturated rings. The Labute approximate surface area is 148 Å². The number of hydrogen-bond acceptors (Lipinski definition) is 5. The SMILES string of the molecule is CCc1sc2nccc(NCS(=O)(=O)c3ccc(F)cc3)c2c1Cl. The topological polar surface area (TPSA) is 59.1 Å². The van der Waals surface area contributed by atoms with Crippen LogP contribution in [0.3, 0.4) is 0 Å². The molecule has 1 aromatic carbocycles. The third-order valence-electron chi connectivity index (χ3n) is 3.55. The summed E-state index contributed by atoms with van der Waals surface area (Å²) in [7, 11) is -3.59. The van der Waals surface area contributed by atoms with E-state index in [2.05, 4.69) is 10.3 Å². The van der Waals surface area contributed by atoms with Crippen molar-refractivity contribution in [2.45, 2.75) is 18.2 Å². The molecule has 0 bridgehead atoms. The molecule has 2 aromatic heterocycles. The predicted octanol–water partition coefficient (Wildman–Crippen LogP) is 4.49. The zero-order chi connectivity index (χ0) is 17.3. The largest absolute Gasteiger partial charge is 0.371 e. The van der Waals surface area contributed by atoms with E-state index >= 15 is 0 Å². The average Bonchev–Trinajstić information content (AvgIpc) is 2.90. The van der Waals surface area contributed by atoms with Gasteiger partial charge in [0.1, 0.15) is 16.5 Å². The summed E-state index contributed by atoms with van der Waals surface area (Å²) in [6.07, 6.45) is 2.40. The van der Waals surface area contributed by atoms with Crippen LogP contribution in [0.2, 0.25) is 5.02 Å². The molecule has 0 amide bonds. The van der Waals surface area contributed by atoms with Gasteiger partial charge in [-0.2, -0.15) is 0 Å². The van der Waals surface area contributed by atoms with Gasteiger partial charge < -0.3 is 5.32 Å². The van der Waals surface area contributed by atoms with Crippen molar-refractivity contribution in [2.24, 2.45) is 0 Å². The van der Waals surface area contributed by atoms with E-state index in [0.29, 0.717) is 10.7 Å². The summed E-state index contributed by atoms with van der Waals surface area (Å²) >= 11 is 7.88. The quantitative estimate of drug-likeness (QED) is 0.658. The van der Waals surface area contributed by atoms with Crippen LogP contribution in [0.1, 0.15) is 11.8 Å².